The summed E-state index contributed by atoms with van der Waals surface area (Å²) in [6, 6.07) is 4.89. The number of carbonyl (C=O) groups is 2. The van der Waals surface area contributed by atoms with Gasteiger partial charge in [-0.25, -0.2) is 0 Å². The second-order valence-corrected chi connectivity index (χ2v) is 5.53. The van der Waals surface area contributed by atoms with Crippen molar-refractivity contribution in [3.05, 3.63) is 41.2 Å². The molecule has 0 saturated heterocycles. The number of hydrogen-bond acceptors (Lipinski definition) is 5. The van der Waals surface area contributed by atoms with Crippen LogP contribution in [0.4, 0.5) is 5.00 Å². The molecule has 2 rings (SSSR count). The van der Waals surface area contributed by atoms with Crippen LogP contribution in [0.2, 0.25) is 0 Å². The van der Waals surface area contributed by atoms with Gasteiger partial charge in [-0.1, -0.05) is 0 Å². The average molecular weight is 307 g/mol. The topological polar surface area (TPSA) is 97.4 Å². The van der Waals surface area contributed by atoms with Crippen LogP contribution < -0.4 is 16.4 Å². The van der Waals surface area contributed by atoms with E-state index < -0.39 is 0 Å². The zero-order valence-electron chi connectivity index (χ0n) is 11.6. The lowest BCUT2D eigenvalue weighted by Crippen LogP contribution is -2.29. The van der Waals surface area contributed by atoms with Crippen molar-refractivity contribution in [2.75, 3.05) is 11.9 Å². The molecule has 1 atom stereocenters. The predicted molar refractivity (Wildman–Crippen MR) is 81.6 cm³/mol. The van der Waals surface area contributed by atoms with Gasteiger partial charge >= 0.3 is 0 Å². The van der Waals surface area contributed by atoms with E-state index in [4.69, 9.17) is 10.2 Å². The van der Waals surface area contributed by atoms with E-state index in [1.54, 1.807) is 23.6 Å². The quantitative estimate of drug-likeness (QED) is 0.761. The first-order chi connectivity index (χ1) is 10.1. The summed E-state index contributed by atoms with van der Waals surface area (Å²) in [5.41, 5.74) is 6.07. The Morgan fingerprint density at radius 3 is 2.86 bits per heavy atom. The van der Waals surface area contributed by atoms with E-state index in [1.165, 1.54) is 17.6 Å². The number of amides is 2. The second kappa shape index (κ2) is 7.05. The third kappa shape index (κ3) is 4.17. The number of rotatable bonds is 6. The largest absolute Gasteiger partial charge is 0.459 e. The number of nitrogens with one attached hydrogen (secondary N) is 2. The van der Waals surface area contributed by atoms with E-state index >= 15 is 0 Å². The summed E-state index contributed by atoms with van der Waals surface area (Å²) in [6.07, 6.45) is 2.12. The van der Waals surface area contributed by atoms with Crippen molar-refractivity contribution in [1.29, 1.82) is 0 Å². The first-order valence-electron chi connectivity index (χ1n) is 6.54. The van der Waals surface area contributed by atoms with Crippen molar-refractivity contribution >= 4 is 28.2 Å². The second-order valence-electron chi connectivity index (χ2n) is 4.62. The van der Waals surface area contributed by atoms with E-state index in [1.807, 2.05) is 6.92 Å². The minimum atomic E-state index is -0.382. The normalized spacial score (nSPS) is 11.9. The fraction of sp³-hybridized carbons (Fsp3) is 0.286. The Morgan fingerprint density at radius 2 is 2.19 bits per heavy atom. The highest BCUT2D eigenvalue weighted by Crippen LogP contribution is 2.23. The van der Waals surface area contributed by atoms with Gasteiger partial charge in [0.15, 0.2) is 5.76 Å². The van der Waals surface area contributed by atoms with Crippen LogP contribution in [0.1, 0.15) is 34.3 Å². The van der Waals surface area contributed by atoms with Crippen LogP contribution in [0, 0.1) is 0 Å². The first kappa shape index (κ1) is 15.3. The zero-order valence-corrected chi connectivity index (χ0v) is 12.4. The number of hydrogen-bond donors (Lipinski definition) is 3. The van der Waals surface area contributed by atoms with Crippen molar-refractivity contribution in [2.45, 2.75) is 19.4 Å². The molecule has 0 aliphatic rings. The van der Waals surface area contributed by atoms with Gasteiger partial charge in [0.25, 0.3) is 11.8 Å². The zero-order chi connectivity index (χ0) is 15.2. The van der Waals surface area contributed by atoms with Gasteiger partial charge in [0.05, 0.1) is 11.8 Å². The molecule has 2 aromatic rings. The van der Waals surface area contributed by atoms with Crippen LogP contribution >= 0.6 is 11.3 Å². The summed E-state index contributed by atoms with van der Waals surface area (Å²) in [6.45, 7) is 2.38. The Morgan fingerprint density at radius 1 is 1.38 bits per heavy atom. The van der Waals surface area contributed by atoms with Gasteiger partial charge in [-0.3, -0.25) is 9.59 Å². The molecule has 0 radical (unpaired) electrons. The van der Waals surface area contributed by atoms with Crippen LogP contribution in [0.15, 0.2) is 34.3 Å². The van der Waals surface area contributed by atoms with Crippen LogP contribution in [-0.2, 0) is 0 Å². The molecule has 6 nitrogen and oxygen atoms in total. The van der Waals surface area contributed by atoms with E-state index in [0.717, 1.165) is 0 Å². The Bertz CT molecular complexity index is 605. The van der Waals surface area contributed by atoms with Crippen LogP contribution in [0.25, 0.3) is 0 Å². The fourth-order valence-corrected chi connectivity index (χ4v) is 2.45. The van der Waals surface area contributed by atoms with Crippen molar-refractivity contribution in [3.8, 4) is 0 Å². The lowest BCUT2D eigenvalue weighted by Gasteiger charge is -2.08. The summed E-state index contributed by atoms with van der Waals surface area (Å²) >= 11 is 1.28. The maximum absolute atomic E-state index is 12.1. The maximum Gasteiger partial charge on any atom is 0.291 e. The summed E-state index contributed by atoms with van der Waals surface area (Å²) in [4.78, 5) is 24.0. The van der Waals surface area contributed by atoms with Gasteiger partial charge in [0.1, 0.15) is 5.00 Å². The lowest BCUT2D eigenvalue weighted by atomic mass is 10.2. The van der Waals surface area contributed by atoms with Gasteiger partial charge in [-0.05, 0) is 36.9 Å². The standard InChI is InChI=1S/C14H17N3O3S/c1-9(15)4-6-16-12(18)10-5-8-21-14(10)17-13(19)11-3-2-7-20-11/h2-3,5,7-9H,4,6,15H2,1H3,(H,16,18)(H,17,19). The molecule has 0 aliphatic heterocycles. The smallest absolute Gasteiger partial charge is 0.291 e. The fourth-order valence-electron chi connectivity index (χ4n) is 1.67. The molecule has 0 aliphatic carbocycles. The SMILES string of the molecule is CC(N)CCNC(=O)c1ccsc1NC(=O)c1ccco1. The molecule has 0 spiro atoms. The summed E-state index contributed by atoms with van der Waals surface area (Å²) in [5.74, 6) is -0.412. The highest BCUT2D eigenvalue weighted by molar-refractivity contribution is 7.14. The molecule has 7 heteroatoms. The van der Waals surface area contributed by atoms with Crippen molar-refractivity contribution in [2.24, 2.45) is 5.73 Å². The summed E-state index contributed by atoms with van der Waals surface area (Å²) in [7, 11) is 0. The van der Waals surface area contributed by atoms with Gasteiger partial charge in [-0.2, -0.15) is 0 Å². The lowest BCUT2D eigenvalue weighted by molar-refractivity contribution is 0.0954. The van der Waals surface area contributed by atoms with Gasteiger partial charge in [0, 0.05) is 12.6 Å². The van der Waals surface area contributed by atoms with Gasteiger partial charge in [0.2, 0.25) is 0 Å². The Balaban J connectivity index is 1.98. The number of carbonyl (C=O) groups excluding carboxylic acids is 2. The molecule has 1 unspecified atom stereocenters. The Labute approximate surface area is 126 Å². The number of anilines is 1. The highest BCUT2D eigenvalue weighted by Gasteiger charge is 2.16. The molecule has 2 amide bonds. The molecule has 2 heterocycles. The molecular formula is C14H17N3O3S. The van der Waals surface area contributed by atoms with Crippen LogP contribution in [0.3, 0.4) is 0 Å². The molecule has 21 heavy (non-hydrogen) atoms. The minimum absolute atomic E-state index is 0.0332. The first-order valence-corrected chi connectivity index (χ1v) is 7.42. The molecule has 112 valence electrons. The average Bonchev–Trinajstić information content (AvgIpc) is 3.09. The Hall–Kier alpha value is -2.12. The molecule has 2 aromatic heterocycles. The third-order valence-electron chi connectivity index (χ3n) is 2.77. The molecule has 4 N–H and O–H groups in total. The predicted octanol–water partition coefficient (Wildman–Crippen LogP) is 2.06. The summed E-state index contributed by atoms with van der Waals surface area (Å²) in [5, 5.41) is 7.69. The monoisotopic (exact) mass is 307 g/mol. The minimum Gasteiger partial charge on any atom is -0.459 e. The molecule has 0 bridgehead atoms. The van der Waals surface area contributed by atoms with Gasteiger partial charge in [-0.15, -0.1) is 11.3 Å². The van der Waals surface area contributed by atoms with Crippen molar-refractivity contribution < 1.29 is 14.0 Å². The van der Waals surface area contributed by atoms with Crippen molar-refractivity contribution in [3.63, 3.8) is 0 Å². The van der Waals surface area contributed by atoms with E-state index in [-0.39, 0.29) is 23.6 Å². The van der Waals surface area contributed by atoms with Gasteiger partial charge < -0.3 is 20.8 Å². The maximum atomic E-state index is 12.1. The van der Waals surface area contributed by atoms with E-state index in [2.05, 4.69) is 10.6 Å². The van der Waals surface area contributed by atoms with Crippen LogP contribution in [-0.4, -0.2) is 24.4 Å². The number of thiophene rings is 1. The molecular weight excluding hydrogens is 290 g/mol. The Kier molecular flexibility index (Phi) is 5.13. The molecule has 0 saturated carbocycles. The van der Waals surface area contributed by atoms with Crippen molar-refractivity contribution in [1.82, 2.24) is 5.32 Å². The highest BCUT2D eigenvalue weighted by atomic mass is 32.1. The van der Waals surface area contributed by atoms with E-state index in [9.17, 15) is 9.59 Å². The number of nitrogens with two attached hydrogens (primary N) is 1. The number of furan rings is 1. The van der Waals surface area contributed by atoms with Crippen LogP contribution in [0.5, 0.6) is 0 Å². The third-order valence-corrected chi connectivity index (χ3v) is 3.60. The summed E-state index contributed by atoms with van der Waals surface area (Å²) < 4.78 is 5.01. The molecule has 0 fully saturated rings. The molecule has 0 aromatic carbocycles. The van der Waals surface area contributed by atoms with E-state index in [0.29, 0.717) is 23.5 Å².